The normalized spacial score (nSPS) is 14.6. The average Bonchev–Trinajstić information content (AvgIpc) is 3.45. The lowest BCUT2D eigenvalue weighted by Gasteiger charge is -2.16. The predicted octanol–water partition coefficient (Wildman–Crippen LogP) is 6.81. The fourth-order valence-electron chi connectivity index (χ4n) is 5.34. The molecule has 3 heterocycles. The van der Waals surface area contributed by atoms with E-state index >= 15 is 4.39 Å². The van der Waals surface area contributed by atoms with Crippen molar-refractivity contribution in [2.75, 3.05) is 20.8 Å². The Labute approximate surface area is 272 Å². The fraction of sp³-hybridized carbons (Fsp3) is 0.324. The van der Waals surface area contributed by atoms with Crippen molar-refractivity contribution in [3.63, 3.8) is 0 Å². The Kier molecular flexibility index (Phi) is 10.6. The van der Waals surface area contributed by atoms with Crippen molar-refractivity contribution in [1.29, 1.82) is 0 Å². The maximum absolute atomic E-state index is 15.3. The summed E-state index contributed by atoms with van der Waals surface area (Å²) in [5, 5.41) is 10.3. The Hall–Kier alpha value is -3.76. The molecule has 3 N–H and O–H groups in total. The monoisotopic (exact) mass is 651 g/mol. The number of amides is 1. The van der Waals surface area contributed by atoms with E-state index in [-0.39, 0.29) is 18.0 Å². The Morgan fingerprint density at radius 1 is 1.02 bits per heavy atom. The molecule has 2 aromatic heterocycles. The molecule has 0 unspecified atom stereocenters. The smallest absolute Gasteiger partial charge is 0.220 e. The number of ether oxygens (including phenoxy) is 2. The van der Waals surface area contributed by atoms with Crippen LogP contribution in [0, 0.1) is 5.82 Å². The van der Waals surface area contributed by atoms with Gasteiger partial charge in [-0.2, -0.15) is 0 Å². The first-order valence-electron chi connectivity index (χ1n) is 14.8. The van der Waals surface area contributed by atoms with E-state index < -0.39 is 5.82 Å². The van der Waals surface area contributed by atoms with Gasteiger partial charge >= 0.3 is 0 Å². The number of hydrogen-bond donors (Lipinski definition) is 3. The number of aromatic nitrogens is 2. The first-order chi connectivity index (χ1) is 21.7. The van der Waals surface area contributed by atoms with E-state index in [1.807, 2.05) is 44.2 Å². The van der Waals surface area contributed by atoms with Crippen molar-refractivity contribution < 1.29 is 18.7 Å². The average molecular weight is 653 g/mol. The second-order valence-electron chi connectivity index (χ2n) is 11.2. The van der Waals surface area contributed by atoms with E-state index in [0.717, 1.165) is 12.0 Å². The van der Waals surface area contributed by atoms with Gasteiger partial charge in [-0.3, -0.25) is 9.78 Å². The summed E-state index contributed by atoms with van der Waals surface area (Å²) in [6, 6.07) is 14.7. The molecular formula is C34H36Cl2FN5O3. The van der Waals surface area contributed by atoms with Gasteiger partial charge < -0.3 is 25.4 Å². The third-order valence-corrected chi connectivity index (χ3v) is 8.50. The van der Waals surface area contributed by atoms with E-state index in [9.17, 15) is 4.79 Å². The molecule has 45 heavy (non-hydrogen) atoms. The summed E-state index contributed by atoms with van der Waals surface area (Å²) in [4.78, 5) is 20.7. The van der Waals surface area contributed by atoms with Gasteiger partial charge in [0.15, 0.2) is 0 Å². The molecule has 236 valence electrons. The summed E-state index contributed by atoms with van der Waals surface area (Å²) in [6.07, 6.45) is 3.01. The van der Waals surface area contributed by atoms with Crippen molar-refractivity contribution in [1.82, 2.24) is 25.9 Å². The molecule has 1 atom stereocenters. The van der Waals surface area contributed by atoms with Crippen molar-refractivity contribution in [2.45, 2.75) is 51.9 Å². The van der Waals surface area contributed by atoms with Crippen LogP contribution in [0.1, 0.15) is 37.8 Å². The maximum atomic E-state index is 15.3. The molecule has 0 aliphatic carbocycles. The molecule has 1 aliphatic heterocycles. The highest BCUT2D eigenvalue weighted by Crippen LogP contribution is 2.42. The van der Waals surface area contributed by atoms with Crippen LogP contribution in [-0.2, 0) is 17.9 Å². The molecule has 5 rings (SSSR count). The lowest BCUT2D eigenvalue weighted by molar-refractivity contribution is -0.119. The molecule has 2 aromatic carbocycles. The molecule has 1 fully saturated rings. The van der Waals surface area contributed by atoms with Crippen LogP contribution in [0.15, 0.2) is 54.7 Å². The number of hydrogen-bond acceptors (Lipinski definition) is 7. The number of halogens is 3. The molecule has 0 radical (unpaired) electrons. The van der Waals surface area contributed by atoms with Crippen molar-refractivity contribution in [2.24, 2.45) is 0 Å². The number of nitrogens with zero attached hydrogens (tertiary/aromatic N) is 2. The number of carbonyl (C=O) groups excluding carboxylic acids is 1. The van der Waals surface area contributed by atoms with Gasteiger partial charge in [0.05, 0.1) is 35.7 Å². The fourth-order valence-corrected chi connectivity index (χ4v) is 5.99. The van der Waals surface area contributed by atoms with Gasteiger partial charge in [-0.1, -0.05) is 61.3 Å². The number of nitrogens with one attached hydrogen (secondary N) is 3. The van der Waals surface area contributed by atoms with Gasteiger partial charge in [-0.15, -0.1) is 0 Å². The van der Waals surface area contributed by atoms with Crippen molar-refractivity contribution in [3.05, 3.63) is 81.7 Å². The zero-order valence-corrected chi connectivity index (χ0v) is 27.2. The van der Waals surface area contributed by atoms with Gasteiger partial charge in [0.2, 0.25) is 11.8 Å². The summed E-state index contributed by atoms with van der Waals surface area (Å²) < 4.78 is 26.4. The number of rotatable bonds is 12. The van der Waals surface area contributed by atoms with Crippen LogP contribution in [-0.4, -0.2) is 48.7 Å². The van der Waals surface area contributed by atoms with E-state index in [1.165, 1.54) is 13.2 Å². The summed E-state index contributed by atoms with van der Waals surface area (Å²) in [6.45, 7) is 5.52. The number of pyridine rings is 2. The lowest BCUT2D eigenvalue weighted by Crippen LogP contribution is -2.35. The highest BCUT2D eigenvalue weighted by atomic mass is 35.5. The quantitative estimate of drug-likeness (QED) is 0.155. The van der Waals surface area contributed by atoms with Gasteiger partial charge in [0.1, 0.15) is 11.6 Å². The molecule has 1 amide bonds. The minimum atomic E-state index is -0.412. The van der Waals surface area contributed by atoms with Gasteiger partial charge in [-0.25, -0.2) is 9.37 Å². The molecule has 0 saturated carbocycles. The second-order valence-corrected chi connectivity index (χ2v) is 11.9. The third kappa shape index (κ3) is 7.39. The predicted molar refractivity (Wildman–Crippen MR) is 176 cm³/mol. The Bertz CT molecular complexity index is 1700. The Balaban J connectivity index is 1.43. The zero-order chi connectivity index (χ0) is 32.1. The van der Waals surface area contributed by atoms with Gasteiger partial charge in [-0.05, 0) is 30.7 Å². The summed E-state index contributed by atoms with van der Waals surface area (Å²) in [5.74, 6) is 0.561. The molecule has 0 spiro atoms. The number of methoxy groups -OCH3 is 2. The Morgan fingerprint density at radius 2 is 1.80 bits per heavy atom. The van der Waals surface area contributed by atoms with Crippen LogP contribution in [0.3, 0.4) is 0 Å². The molecule has 11 heteroatoms. The van der Waals surface area contributed by atoms with Crippen LogP contribution in [0.5, 0.6) is 11.6 Å². The molecule has 8 nitrogen and oxygen atoms in total. The van der Waals surface area contributed by atoms with Crippen LogP contribution >= 0.6 is 23.2 Å². The highest BCUT2D eigenvalue weighted by Gasteiger charge is 2.22. The van der Waals surface area contributed by atoms with Crippen LogP contribution < -0.4 is 25.4 Å². The van der Waals surface area contributed by atoms with E-state index in [0.29, 0.717) is 86.9 Å². The largest absolute Gasteiger partial charge is 0.496 e. The minimum Gasteiger partial charge on any atom is -0.496 e. The summed E-state index contributed by atoms with van der Waals surface area (Å²) >= 11 is 14.0. The van der Waals surface area contributed by atoms with E-state index in [4.69, 9.17) is 37.7 Å². The van der Waals surface area contributed by atoms with Crippen molar-refractivity contribution >= 4 is 29.1 Å². The summed E-state index contributed by atoms with van der Waals surface area (Å²) in [7, 11) is 3.09. The summed E-state index contributed by atoms with van der Waals surface area (Å²) in [5.41, 5.74) is 4.87. The maximum Gasteiger partial charge on any atom is 0.220 e. The number of benzene rings is 2. The van der Waals surface area contributed by atoms with Gasteiger partial charge in [0, 0.05) is 77.7 Å². The SMILES string of the molecule is COc1cc(-c2nccc(-c3cccc(-c4ccc(CNC[C@H]5CCC(=O)N5)c(OC)n4)c3Cl)c2Cl)cc(F)c1CNC(C)C. The lowest BCUT2D eigenvalue weighted by atomic mass is 9.99. The van der Waals surface area contributed by atoms with Crippen LogP contribution in [0.4, 0.5) is 4.39 Å². The van der Waals surface area contributed by atoms with Crippen LogP contribution in [0.25, 0.3) is 33.6 Å². The molecule has 0 bridgehead atoms. The topological polar surface area (TPSA) is 97.4 Å². The first kappa shape index (κ1) is 32.6. The zero-order valence-electron chi connectivity index (χ0n) is 25.6. The van der Waals surface area contributed by atoms with Crippen LogP contribution in [0.2, 0.25) is 10.0 Å². The molecular weight excluding hydrogens is 616 g/mol. The molecule has 1 saturated heterocycles. The van der Waals surface area contributed by atoms with Crippen molar-refractivity contribution in [3.8, 4) is 45.3 Å². The molecule has 4 aromatic rings. The highest BCUT2D eigenvalue weighted by molar-refractivity contribution is 6.39. The van der Waals surface area contributed by atoms with Gasteiger partial charge in [0.25, 0.3) is 0 Å². The molecule has 1 aliphatic rings. The number of carbonyl (C=O) groups is 1. The first-order valence-corrected chi connectivity index (χ1v) is 15.5. The van der Waals surface area contributed by atoms with E-state index in [1.54, 1.807) is 25.4 Å². The third-order valence-electron chi connectivity index (χ3n) is 7.71. The second kappa shape index (κ2) is 14.6. The minimum absolute atomic E-state index is 0.0897. The van der Waals surface area contributed by atoms with E-state index in [2.05, 4.69) is 20.9 Å². The standard InChI is InChI=1S/C34H36Cl2FN5O3/c1-19(2)40-18-26-27(37)14-21(15-29(26)44-3)33-32(36)24(12-13-39-33)23-6-5-7-25(31(23)35)28-10-8-20(34(42-28)45-4)16-38-17-22-9-11-30(43)41-22/h5-8,10,12-15,19,22,38,40H,9,11,16-18H2,1-4H3,(H,41,43)/t22-/m1/s1. The Morgan fingerprint density at radius 3 is 2.51 bits per heavy atom.